The van der Waals surface area contributed by atoms with Gasteiger partial charge in [-0.2, -0.15) is 4.40 Å². The van der Waals surface area contributed by atoms with Gasteiger partial charge in [0.05, 0.1) is 10.9 Å². The predicted octanol–water partition coefficient (Wildman–Crippen LogP) is 1.86. The predicted molar refractivity (Wildman–Crippen MR) is 62.2 cm³/mol. The van der Waals surface area contributed by atoms with Crippen LogP contribution in [0, 0.1) is 0 Å². The van der Waals surface area contributed by atoms with Crippen LogP contribution < -0.4 is 0 Å². The third kappa shape index (κ3) is 5.67. The van der Waals surface area contributed by atoms with Gasteiger partial charge in [0.15, 0.2) is 0 Å². The molecule has 0 bridgehead atoms. The monoisotopic (exact) mass is 233 g/mol. The second kappa shape index (κ2) is 5.39. The first-order valence-corrected chi connectivity index (χ1v) is 5.93. The molecule has 0 aromatic rings. The summed E-state index contributed by atoms with van der Waals surface area (Å²) in [6.07, 6.45) is -0.189. The zero-order valence-electron chi connectivity index (χ0n) is 10.2. The number of nitrogens with zero attached hydrogens (tertiary/aromatic N) is 1. The smallest absolute Gasteiger partial charge is 0.353 e. The highest BCUT2D eigenvalue weighted by molar-refractivity contribution is 7.85. The molecular weight excluding hydrogens is 214 g/mol. The van der Waals surface area contributed by atoms with Crippen molar-refractivity contribution in [2.75, 3.05) is 0 Å². The molecule has 0 heterocycles. The minimum Gasteiger partial charge on any atom is -0.458 e. The van der Waals surface area contributed by atoms with Crippen molar-refractivity contribution in [3.05, 3.63) is 0 Å². The Bertz CT molecular complexity index is 290. The first kappa shape index (κ1) is 14.3. The Morgan fingerprint density at radius 3 is 2.13 bits per heavy atom. The van der Waals surface area contributed by atoms with Crippen LogP contribution in [0.25, 0.3) is 0 Å². The largest absolute Gasteiger partial charge is 0.458 e. The number of hydrogen-bond donors (Lipinski definition) is 0. The Kier molecular flexibility index (Phi) is 5.14. The molecule has 0 aliphatic heterocycles. The first-order valence-electron chi connectivity index (χ1n) is 4.83. The number of hydrogen-bond acceptors (Lipinski definition) is 3. The Labute approximate surface area is 93.7 Å². The summed E-state index contributed by atoms with van der Waals surface area (Å²) in [5, 5.41) is 0. The fourth-order valence-electron chi connectivity index (χ4n) is 0.598. The summed E-state index contributed by atoms with van der Waals surface area (Å²) in [6.45, 7) is 10.4. The van der Waals surface area contributed by atoms with Gasteiger partial charge in [-0.3, -0.25) is 0 Å². The van der Waals surface area contributed by atoms with E-state index in [1.165, 1.54) is 6.92 Å². The highest BCUT2D eigenvalue weighted by Crippen LogP contribution is 2.12. The Morgan fingerprint density at radius 1 is 1.33 bits per heavy atom. The molecule has 0 amide bonds. The Morgan fingerprint density at radius 2 is 1.80 bits per heavy atom. The molecule has 0 saturated carbocycles. The van der Waals surface area contributed by atoms with Crippen molar-refractivity contribution >= 4 is 22.7 Å². The van der Waals surface area contributed by atoms with Crippen molar-refractivity contribution in [1.29, 1.82) is 0 Å². The van der Waals surface area contributed by atoms with Crippen molar-refractivity contribution in [3.8, 4) is 0 Å². The molecule has 0 rings (SSSR count). The second-order valence-electron chi connectivity index (χ2n) is 4.49. The van der Waals surface area contributed by atoms with Crippen LogP contribution >= 0.6 is 0 Å². The van der Waals surface area contributed by atoms with E-state index in [1.807, 2.05) is 0 Å². The number of carbonyl (C=O) groups excluding carboxylic acids is 1. The van der Waals surface area contributed by atoms with Gasteiger partial charge in [0, 0.05) is 0 Å². The fraction of sp³-hybridized carbons (Fsp3) is 0.800. The van der Waals surface area contributed by atoms with E-state index in [9.17, 15) is 9.00 Å². The first-order chi connectivity index (χ1) is 6.64. The van der Waals surface area contributed by atoms with Gasteiger partial charge in [0.1, 0.15) is 16.7 Å². The van der Waals surface area contributed by atoms with E-state index >= 15 is 0 Å². The number of ether oxygens (including phenoxy) is 1. The van der Waals surface area contributed by atoms with Crippen LogP contribution in [0.1, 0.15) is 41.5 Å². The normalized spacial score (nSPS) is 15.3. The summed E-state index contributed by atoms with van der Waals surface area (Å²) in [4.78, 5) is 11.3. The van der Waals surface area contributed by atoms with E-state index in [0.717, 1.165) is 0 Å². The third-order valence-corrected chi connectivity index (χ3v) is 2.87. The Hall–Kier alpha value is -0.710. The standard InChI is InChI=1S/C10H19NO3S/c1-7(2)14-9(12)8(3)11-15(13)10(4,5)6/h7H,1-6H3. The van der Waals surface area contributed by atoms with Crippen molar-refractivity contribution in [2.24, 2.45) is 4.40 Å². The summed E-state index contributed by atoms with van der Waals surface area (Å²) in [7, 11) is -1.42. The number of rotatable bonds is 3. The van der Waals surface area contributed by atoms with E-state index in [-0.39, 0.29) is 11.8 Å². The van der Waals surface area contributed by atoms with Crippen molar-refractivity contribution in [3.63, 3.8) is 0 Å². The summed E-state index contributed by atoms with van der Waals surface area (Å²) in [5.41, 5.74) is 0.150. The van der Waals surface area contributed by atoms with Gasteiger partial charge in [-0.25, -0.2) is 9.00 Å². The van der Waals surface area contributed by atoms with Crippen molar-refractivity contribution < 1.29 is 13.7 Å². The molecule has 4 nitrogen and oxygen atoms in total. The minimum atomic E-state index is -1.42. The maximum atomic E-state index is 11.6. The molecule has 0 aromatic carbocycles. The van der Waals surface area contributed by atoms with Crippen LogP contribution in [-0.4, -0.2) is 26.7 Å². The lowest BCUT2D eigenvalue weighted by molar-refractivity contribution is -0.139. The average molecular weight is 233 g/mol. The van der Waals surface area contributed by atoms with Crippen LogP contribution in [0.3, 0.4) is 0 Å². The molecule has 88 valence electrons. The zero-order valence-corrected chi connectivity index (χ0v) is 11.0. The van der Waals surface area contributed by atoms with E-state index in [2.05, 4.69) is 4.40 Å². The second-order valence-corrected chi connectivity index (χ2v) is 6.40. The zero-order chi connectivity index (χ0) is 12.2. The molecule has 0 saturated heterocycles. The van der Waals surface area contributed by atoms with E-state index in [0.29, 0.717) is 0 Å². The summed E-state index contributed by atoms with van der Waals surface area (Å²) < 4.78 is 19.9. The molecule has 15 heavy (non-hydrogen) atoms. The maximum Gasteiger partial charge on any atom is 0.353 e. The van der Waals surface area contributed by atoms with Gasteiger partial charge < -0.3 is 4.74 Å². The molecule has 0 N–H and O–H groups in total. The third-order valence-electron chi connectivity index (χ3n) is 1.38. The molecule has 1 atom stereocenters. The fourth-order valence-corrected chi connectivity index (χ4v) is 1.20. The van der Waals surface area contributed by atoms with Gasteiger partial charge in [-0.1, -0.05) is 0 Å². The number of carbonyl (C=O) groups is 1. The molecule has 0 aliphatic carbocycles. The summed E-state index contributed by atoms with van der Waals surface area (Å²) >= 11 is 0. The highest BCUT2D eigenvalue weighted by Gasteiger charge is 2.21. The van der Waals surface area contributed by atoms with Crippen LogP contribution in [0.4, 0.5) is 0 Å². The van der Waals surface area contributed by atoms with Crippen LogP contribution in [0.15, 0.2) is 4.40 Å². The lowest BCUT2D eigenvalue weighted by Gasteiger charge is -2.14. The SMILES string of the molecule is CC(=NS(=O)C(C)(C)C)C(=O)OC(C)C. The van der Waals surface area contributed by atoms with Gasteiger partial charge in [-0.15, -0.1) is 0 Å². The van der Waals surface area contributed by atoms with Gasteiger partial charge in [0.25, 0.3) is 0 Å². The quantitative estimate of drug-likeness (QED) is 0.552. The topological polar surface area (TPSA) is 55.7 Å². The lowest BCUT2D eigenvalue weighted by atomic mass is 10.3. The molecular formula is C10H19NO3S. The van der Waals surface area contributed by atoms with Crippen molar-refractivity contribution in [1.82, 2.24) is 0 Å². The Balaban J connectivity index is 4.57. The van der Waals surface area contributed by atoms with Crippen LogP contribution in [0.2, 0.25) is 0 Å². The average Bonchev–Trinajstić information content (AvgIpc) is 2.00. The molecule has 0 spiro atoms. The van der Waals surface area contributed by atoms with E-state index < -0.39 is 21.7 Å². The maximum absolute atomic E-state index is 11.6. The molecule has 0 fully saturated rings. The van der Waals surface area contributed by atoms with Crippen LogP contribution in [-0.2, 0) is 20.5 Å². The molecule has 5 heteroatoms. The molecule has 1 unspecified atom stereocenters. The molecule has 0 radical (unpaired) electrons. The minimum absolute atomic E-state index is 0.150. The van der Waals surface area contributed by atoms with Crippen molar-refractivity contribution in [2.45, 2.75) is 52.4 Å². The van der Waals surface area contributed by atoms with Gasteiger partial charge in [-0.05, 0) is 41.5 Å². The van der Waals surface area contributed by atoms with Crippen LogP contribution in [0.5, 0.6) is 0 Å². The molecule has 0 aromatic heterocycles. The summed E-state index contributed by atoms with van der Waals surface area (Å²) in [5.74, 6) is -0.511. The summed E-state index contributed by atoms with van der Waals surface area (Å²) in [6, 6.07) is 0. The van der Waals surface area contributed by atoms with E-state index in [4.69, 9.17) is 4.74 Å². The van der Waals surface area contributed by atoms with Gasteiger partial charge >= 0.3 is 5.97 Å². The number of esters is 1. The lowest BCUT2D eigenvalue weighted by Crippen LogP contribution is -2.24. The highest BCUT2D eigenvalue weighted by atomic mass is 32.2. The van der Waals surface area contributed by atoms with Gasteiger partial charge in [0.2, 0.25) is 0 Å². The molecule has 0 aliphatic rings. The van der Waals surface area contributed by atoms with E-state index in [1.54, 1.807) is 34.6 Å².